The number of nitrogens with one attached hydrogen (secondary N) is 2. The van der Waals surface area contributed by atoms with E-state index in [2.05, 4.69) is 31.4 Å². The van der Waals surface area contributed by atoms with Crippen molar-refractivity contribution in [1.82, 2.24) is 5.32 Å². The monoisotopic (exact) mass is 354 g/mol. The molecule has 2 N–H and O–H groups in total. The van der Waals surface area contributed by atoms with Gasteiger partial charge in [-0.05, 0) is 54.3 Å². The van der Waals surface area contributed by atoms with Gasteiger partial charge in [0.1, 0.15) is 5.75 Å². The molecule has 0 saturated heterocycles. The molecule has 0 heterocycles. The zero-order valence-corrected chi connectivity index (χ0v) is 15.8. The van der Waals surface area contributed by atoms with Crippen molar-refractivity contribution in [2.24, 2.45) is 0 Å². The van der Waals surface area contributed by atoms with E-state index in [-0.39, 0.29) is 23.8 Å². The molecular formula is C21H26N2O3. The summed E-state index contributed by atoms with van der Waals surface area (Å²) in [7, 11) is 0. The Hall–Kier alpha value is -2.82. The summed E-state index contributed by atoms with van der Waals surface area (Å²) < 4.78 is 5.35. The highest BCUT2D eigenvalue weighted by atomic mass is 16.5. The average Bonchev–Trinajstić information content (AvgIpc) is 2.61. The van der Waals surface area contributed by atoms with Crippen LogP contribution in [0.1, 0.15) is 43.6 Å². The standard InChI is InChI=1S/C21H26N2O3/c1-5-26-18-12-10-17(11-13-18)23-19(24)14-22-20(25)15-6-8-16(9-7-15)21(2,3)4/h6-13H,5,14H2,1-4H3,(H,22,25)(H,23,24). The van der Waals surface area contributed by atoms with Crippen LogP contribution in [0.5, 0.6) is 5.75 Å². The molecule has 2 aromatic rings. The molecule has 0 unspecified atom stereocenters. The van der Waals surface area contributed by atoms with E-state index < -0.39 is 0 Å². The highest BCUT2D eigenvalue weighted by molar-refractivity contribution is 5.99. The molecule has 0 aromatic heterocycles. The average molecular weight is 354 g/mol. The van der Waals surface area contributed by atoms with E-state index in [0.717, 1.165) is 11.3 Å². The third-order valence-electron chi connectivity index (χ3n) is 3.87. The number of anilines is 1. The molecule has 26 heavy (non-hydrogen) atoms. The maximum Gasteiger partial charge on any atom is 0.251 e. The van der Waals surface area contributed by atoms with E-state index >= 15 is 0 Å². The highest BCUT2D eigenvalue weighted by Gasteiger charge is 2.14. The van der Waals surface area contributed by atoms with Gasteiger partial charge in [-0.1, -0.05) is 32.9 Å². The van der Waals surface area contributed by atoms with Crippen LogP contribution in [-0.2, 0) is 10.2 Å². The normalized spacial score (nSPS) is 10.9. The van der Waals surface area contributed by atoms with Crippen LogP contribution in [0.2, 0.25) is 0 Å². The van der Waals surface area contributed by atoms with Crippen molar-refractivity contribution in [3.63, 3.8) is 0 Å². The van der Waals surface area contributed by atoms with Gasteiger partial charge in [-0.2, -0.15) is 0 Å². The third-order valence-corrected chi connectivity index (χ3v) is 3.87. The van der Waals surface area contributed by atoms with Crippen LogP contribution in [0, 0.1) is 0 Å². The lowest BCUT2D eigenvalue weighted by Crippen LogP contribution is -2.32. The minimum Gasteiger partial charge on any atom is -0.494 e. The maximum atomic E-state index is 12.2. The molecule has 5 nitrogen and oxygen atoms in total. The summed E-state index contributed by atoms with van der Waals surface area (Å²) in [6.45, 7) is 8.77. The Morgan fingerprint density at radius 2 is 1.58 bits per heavy atom. The summed E-state index contributed by atoms with van der Waals surface area (Å²) in [5.41, 5.74) is 2.38. The molecular weight excluding hydrogens is 328 g/mol. The fraction of sp³-hybridized carbons (Fsp3) is 0.333. The van der Waals surface area contributed by atoms with Crippen LogP contribution in [0.3, 0.4) is 0 Å². The molecule has 0 spiro atoms. The SMILES string of the molecule is CCOc1ccc(NC(=O)CNC(=O)c2ccc(C(C)(C)C)cc2)cc1. The Morgan fingerprint density at radius 3 is 2.12 bits per heavy atom. The Balaban J connectivity index is 1.85. The number of hydrogen-bond acceptors (Lipinski definition) is 3. The van der Waals surface area contributed by atoms with Crippen molar-refractivity contribution in [3.05, 3.63) is 59.7 Å². The predicted octanol–water partition coefficient (Wildman–Crippen LogP) is 3.75. The molecule has 0 aliphatic rings. The molecule has 5 heteroatoms. The van der Waals surface area contributed by atoms with Gasteiger partial charge in [-0.25, -0.2) is 0 Å². The molecule has 2 aromatic carbocycles. The van der Waals surface area contributed by atoms with Crippen molar-refractivity contribution in [2.45, 2.75) is 33.1 Å². The molecule has 0 bridgehead atoms. The summed E-state index contributed by atoms with van der Waals surface area (Å²) in [6.07, 6.45) is 0. The Labute approximate surface area is 154 Å². The van der Waals surface area contributed by atoms with Crippen LogP contribution in [0.15, 0.2) is 48.5 Å². The first-order chi connectivity index (χ1) is 12.3. The smallest absolute Gasteiger partial charge is 0.251 e. The minimum atomic E-state index is -0.283. The van der Waals surface area contributed by atoms with Gasteiger partial charge in [-0.3, -0.25) is 9.59 Å². The second-order valence-corrected chi connectivity index (χ2v) is 7.02. The van der Waals surface area contributed by atoms with Gasteiger partial charge in [0.2, 0.25) is 5.91 Å². The van der Waals surface area contributed by atoms with Gasteiger partial charge in [0.15, 0.2) is 0 Å². The van der Waals surface area contributed by atoms with Crippen LogP contribution >= 0.6 is 0 Å². The number of ether oxygens (including phenoxy) is 1. The lowest BCUT2D eigenvalue weighted by Gasteiger charge is -2.19. The lowest BCUT2D eigenvalue weighted by molar-refractivity contribution is -0.115. The van der Waals surface area contributed by atoms with Crippen molar-refractivity contribution in [1.29, 1.82) is 0 Å². The zero-order valence-electron chi connectivity index (χ0n) is 15.8. The van der Waals surface area contributed by atoms with Crippen LogP contribution in [0.25, 0.3) is 0 Å². The summed E-state index contributed by atoms with van der Waals surface area (Å²) >= 11 is 0. The predicted molar refractivity (Wildman–Crippen MR) is 104 cm³/mol. The van der Waals surface area contributed by atoms with Crippen molar-refractivity contribution >= 4 is 17.5 Å². The summed E-state index contributed by atoms with van der Waals surface area (Å²) in [4.78, 5) is 24.2. The number of hydrogen-bond donors (Lipinski definition) is 2. The Kier molecular flexibility index (Phi) is 6.39. The van der Waals surface area contributed by atoms with E-state index in [9.17, 15) is 9.59 Å². The fourth-order valence-electron chi connectivity index (χ4n) is 2.39. The number of carbonyl (C=O) groups is 2. The van der Waals surface area contributed by atoms with Crippen LogP contribution < -0.4 is 15.4 Å². The lowest BCUT2D eigenvalue weighted by atomic mass is 9.87. The van der Waals surface area contributed by atoms with Gasteiger partial charge in [-0.15, -0.1) is 0 Å². The minimum absolute atomic E-state index is 0.0343. The molecule has 0 saturated carbocycles. The number of amides is 2. The van der Waals surface area contributed by atoms with Gasteiger partial charge in [0.25, 0.3) is 5.91 Å². The second kappa shape index (κ2) is 8.52. The van der Waals surface area contributed by atoms with Crippen molar-refractivity contribution in [3.8, 4) is 5.75 Å². The van der Waals surface area contributed by atoms with Crippen molar-refractivity contribution in [2.75, 3.05) is 18.5 Å². The van der Waals surface area contributed by atoms with E-state index in [1.807, 2.05) is 19.1 Å². The first-order valence-corrected chi connectivity index (χ1v) is 8.71. The number of benzene rings is 2. The van der Waals surface area contributed by atoms with Gasteiger partial charge in [0, 0.05) is 11.3 Å². The van der Waals surface area contributed by atoms with Gasteiger partial charge in [0.05, 0.1) is 13.2 Å². The van der Waals surface area contributed by atoms with Crippen molar-refractivity contribution < 1.29 is 14.3 Å². The zero-order chi connectivity index (χ0) is 19.2. The van der Waals surface area contributed by atoms with Gasteiger partial charge >= 0.3 is 0 Å². The fourth-order valence-corrected chi connectivity index (χ4v) is 2.39. The molecule has 0 fully saturated rings. The number of rotatable bonds is 6. The first kappa shape index (κ1) is 19.5. The van der Waals surface area contributed by atoms with Crippen LogP contribution in [-0.4, -0.2) is 25.0 Å². The Bertz CT molecular complexity index is 744. The van der Waals surface area contributed by atoms with E-state index in [4.69, 9.17) is 4.74 Å². The summed E-state index contributed by atoms with van der Waals surface area (Å²) in [6, 6.07) is 14.5. The quantitative estimate of drug-likeness (QED) is 0.830. The molecule has 2 amide bonds. The molecule has 0 radical (unpaired) electrons. The maximum absolute atomic E-state index is 12.2. The molecule has 138 valence electrons. The number of carbonyl (C=O) groups excluding carboxylic acids is 2. The summed E-state index contributed by atoms with van der Waals surface area (Å²) in [5.74, 6) is 0.193. The third kappa shape index (κ3) is 5.62. The first-order valence-electron chi connectivity index (χ1n) is 8.71. The highest BCUT2D eigenvalue weighted by Crippen LogP contribution is 2.22. The van der Waals surface area contributed by atoms with E-state index in [1.54, 1.807) is 36.4 Å². The van der Waals surface area contributed by atoms with E-state index in [0.29, 0.717) is 17.9 Å². The van der Waals surface area contributed by atoms with E-state index in [1.165, 1.54) is 0 Å². The molecule has 2 rings (SSSR count). The molecule has 0 atom stereocenters. The largest absolute Gasteiger partial charge is 0.494 e. The summed E-state index contributed by atoms with van der Waals surface area (Å²) in [5, 5.41) is 5.37. The van der Waals surface area contributed by atoms with Crippen LogP contribution in [0.4, 0.5) is 5.69 Å². The topological polar surface area (TPSA) is 67.4 Å². The molecule has 0 aliphatic heterocycles. The Morgan fingerprint density at radius 1 is 0.962 bits per heavy atom. The second-order valence-electron chi connectivity index (χ2n) is 7.02. The molecule has 0 aliphatic carbocycles. The van der Waals surface area contributed by atoms with Gasteiger partial charge < -0.3 is 15.4 Å².